The maximum atomic E-state index is 10.2. The molecule has 0 aromatic rings. The number of carbonyl (C=O) groups is 1. The van der Waals surface area contributed by atoms with Gasteiger partial charge in [0.05, 0.1) is 6.10 Å². The Bertz CT molecular complexity index is 329. The summed E-state index contributed by atoms with van der Waals surface area (Å²) in [4.78, 5) is 10.2. The van der Waals surface area contributed by atoms with Gasteiger partial charge in [0.15, 0.2) is 0 Å². The number of aliphatic hydroxyl groups is 1. The minimum Gasteiger partial charge on any atom is -0.478 e. The van der Waals surface area contributed by atoms with Gasteiger partial charge in [-0.05, 0) is 25.7 Å². The van der Waals surface area contributed by atoms with E-state index in [0.717, 1.165) is 51.0 Å². The van der Waals surface area contributed by atoms with Crippen molar-refractivity contribution in [3.05, 3.63) is 36.5 Å². The summed E-state index contributed by atoms with van der Waals surface area (Å²) in [5, 5.41) is 18.1. The fourth-order valence-corrected chi connectivity index (χ4v) is 2.03. The van der Waals surface area contributed by atoms with Crippen molar-refractivity contribution in [2.75, 3.05) is 0 Å². The fraction of sp³-hybridized carbons (Fsp3) is 0.611. The van der Waals surface area contributed by atoms with E-state index in [0.29, 0.717) is 0 Å². The minimum absolute atomic E-state index is 0.115. The molecule has 0 spiro atoms. The van der Waals surface area contributed by atoms with Crippen molar-refractivity contribution in [3.8, 4) is 0 Å². The molecule has 0 aromatic heterocycles. The second kappa shape index (κ2) is 15.0. The third kappa shape index (κ3) is 16.6. The second-order valence-corrected chi connectivity index (χ2v) is 5.30. The predicted octanol–water partition coefficient (Wildman–Crippen LogP) is 4.63. The zero-order chi connectivity index (χ0) is 15.8. The number of carboxylic acid groups (broad SMARTS) is 1. The predicted molar refractivity (Wildman–Crippen MR) is 88.3 cm³/mol. The van der Waals surface area contributed by atoms with E-state index in [1.165, 1.54) is 18.9 Å². The molecule has 0 heterocycles. The molecule has 3 nitrogen and oxygen atoms in total. The molecule has 120 valence electrons. The first-order valence-electron chi connectivity index (χ1n) is 8.07. The highest BCUT2D eigenvalue weighted by Crippen LogP contribution is 2.11. The lowest BCUT2D eigenvalue weighted by atomic mass is 10.0. The SMILES string of the molecule is CCCCCC(O)CCCCC/C=C/C=C/C=C/C(=O)O. The molecule has 0 amide bonds. The smallest absolute Gasteiger partial charge is 0.328 e. The Balaban J connectivity index is 3.41. The van der Waals surface area contributed by atoms with Crippen LogP contribution in [0.2, 0.25) is 0 Å². The molecule has 0 aliphatic rings. The summed E-state index contributed by atoms with van der Waals surface area (Å²) in [5.74, 6) is -0.930. The summed E-state index contributed by atoms with van der Waals surface area (Å²) in [6.07, 6.45) is 19.9. The largest absolute Gasteiger partial charge is 0.478 e. The first-order valence-corrected chi connectivity index (χ1v) is 8.07. The summed E-state index contributed by atoms with van der Waals surface area (Å²) in [5.41, 5.74) is 0. The lowest BCUT2D eigenvalue weighted by Gasteiger charge is -2.09. The maximum Gasteiger partial charge on any atom is 0.328 e. The van der Waals surface area contributed by atoms with Gasteiger partial charge in [0, 0.05) is 6.08 Å². The van der Waals surface area contributed by atoms with Gasteiger partial charge >= 0.3 is 5.97 Å². The molecule has 0 radical (unpaired) electrons. The van der Waals surface area contributed by atoms with E-state index in [9.17, 15) is 9.90 Å². The highest BCUT2D eigenvalue weighted by molar-refractivity contribution is 5.80. The van der Waals surface area contributed by atoms with Crippen molar-refractivity contribution in [2.24, 2.45) is 0 Å². The Kier molecular flexibility index (Phi) is 14.1. The third-order valence-corrected chi connectivity index (χ3v) is 3.26. The average Bonchev–Trinajstić information content (AvgIpc) is 2.44. The standard InChI is InChI=1S/C18H30O3/c1-2-3-11-14-17(19)15-12-9-7-5-4-6-8-10-13-16-18(20)21/h4,6,8,10,13,16-17,19H,2-3,5,7,9,11-12,14-15H2,1H3,(H,20,21)/b6-4+,10-8+,16-13+. The number of rotatable bonds is 13. The summed E-state index contributed by atoms with van der Waals surface area (Å²) >= 11 is 0. The van der Waals surface area contributed by atoms with E-state index in [1.54, 1.807) is 6.08 Å². The van der Waals surface area contributed by atoms with Gasteiger partial charge in [-0.3, -0.25) is 0 Å². The van der Waals surface area contributed by atoms with Crippen LogP contribution in [0.15, 0.2) is 36.5 Å². The van der Waals surface area contributed by atoms with Crippen LogP contribution < -0.4 is 0 Å². The van der Waals surface area contributed by atoms with Crippen molar-refractivity contribution in [2.45, 2.75) is 70.8 Å². The average molecular weight is 294 g/mol. The number of hydrogen-bond donors (Lipinski definition) is 2. The molecule has 1 unspecified atom stereocenters. The lowest BCUT2D eigenvalue weighted by Crippen LogP contribution is -2.05. The Labute approximate surface area is 129 Å². The first-order chi connectivity index (χ1) is 10.2. The number of aliphatic carboxylic acids is 1. The van der Waals surface area contributed by atoms with E-state index < -0.39 is 5.97 Å². The molecule has 0 aliphatic heterocycles. The van der Waals surface area contributed by atoms with Crippen molar-refractivity contribution >= 4 is 5.97 Å². The number of allylic oxidation sites excluding steroid dienone is 5. The Morgan fingerprint density at radius 1 is 0.952 bits per heavy atom. The monoisotopic (exact) mass is 294 g/mol. The maximum absolute atomic E-state index is 10.2. The number of carboxylic acids is 1. The highest BCUT2D eigenvalue weighted by atomic mass is 16.4. The van der Waals surface area contributed by atoms with Gasteiger partial charge in [-0.15, -0.1) is 0 Å². The van der Waals surface area contributed by atoms with Gasteiger partial charge in [0.25, 0.3) is 0 Å². The Morgan fingerprint density at radius 3 is 2.29 bits per heavy atom. The summed E-state index contributed by atoms with van der Waals surface area (Å²) < 4.78 is 0. The minimum atomic E-state index is -0.930. The summed E-state index contributed by atoms with van der Waals surface area (Å²) in [6, 6.07) is 0. The van der Waals surface area contributed by atoms with E-state index in [-0.39, 0.29) is 6.10 Å². The number of aliphatic hydroxyl groups excluding tert-OH is 1. The topological polar surface area (TPSA) is 57.5 Å². The van der Waals surface area contributed by atoms with Gasteiger partial charge in [-0.2, -0.15) is 0 Å². The molecule has 0 rings (SSSR count). The molecule has 2 N–H and O–H groups in total. The Morgan fingerprint density at radius 2 is 1.62 bits per heavy atom. The lowest BCUT2D eigenvalue weighted by molar-refractivity contribution is -0.131. The zero-order valence-electron chi connectivity index (χ0n) is 13.2. The van der Waals surface area contributed by atoms with Crippen LogP contribution in [-0.4, -0.2) is 22.3 Å². The molecule has 0 saturated heterocycles. The second-order valence-electron chi connectivity index (χ2n) is 5.30. The van der Waals surface area contributed by atoms with Crippen molar-refractivity contribution < 1.29 is 15.0 Å². The summed E-state index contributed by atoms with van der Waals surface area (Å²) in [6.45, 7) is 2.18. The van der Waals surface area contributed by atoms with Crippen LogP contribution in [0.25, 0.3) is 0 Å². The van der Waals surface area contributed by atoms with Crippen LogP contribution in [0, 0.1) is 0 Å². The van der Waals surface area contributed by atoms with Crippen LogP contribution in [0.3, 0.4) is 0 Å². The van der Waals surface area contributed by atoms with Gasteiger partial charge in [-0.1, -0.05) is 69.4 Å². The molecule has 1 atom stereocenters. The number of hydrogen-bond acceptors (Lipinski definition) is 2. The third-order valence-electron chi connectivity index (χ3n) is 3.26. The first kappa shape index (κ1) is 19.7. The molecule has 0 fully saturated rings. The normalized spacial score (nSPS) is 13.6. The van der Waals surface area contributed by atoms with Gasteiger partial charge < -0.3 is 10.2 Å². The van der Waals surface area contributed by atoms with Gasteiger partial charge in [0.1, 0.15) is 0 Å². The van der Waals surface area contributed by atoms with Crippen molar-refractivity contribution in [1.29, 1.82) is 0 Å². The molecule has 0 aromatic carbocycles. The van der Waals surface area contributed by atoms with Crippen molar-refractivity contribution in [3.63, 3.8) is 0 Å². The van der Waals surface area contributed by atoms with Crippen LogP contribution in [0.5, 0.6) is 0 Å². The Hall–Kier alpha value is -1.35. The van der Waals surface area contributed by atoms with Gasteiger partial charge in [0.2, 0.25) is 0 Å². The van der Waals surface area contributed by atoms with Crippen LogP contribution >= 0.6 is 0 Å². The quantitative estimate of drug-likeness (QED) is 0.296. The van der Waals surface area contributed by atoms with E-state index >= 15 is 0 Å². The van der Waals surface area contributed by atoms with E-state index in [1.807, 2.05) is 12.2 Å². The van der Waals surface area contributed by atoms with Crippen LogP contribution in [-0.2, 0) is 4.79 Å². The fourth-order valence-electron chi connectivity index (χ4n) is 2.03. The van der Waals surface area contributed by atoms with Crippen molar-refractivity contribution in [1.82, 2.24) is 0 Å². The molecule has 21 heavy (non-hydrogen) atoms. The number of unbranched alkanes of at least 4 members (excludes halogenated alkanes) is 5. The van der Waals surface area contributed by atoms with Crippen LogP contribution in [0.1, 0.15) is 64.7 Å². The summed E-state index contributed by atoms with van der Waals surface area (Å²) in [7, 11) is 0. The van der Waals surface area contributed by atoms with Gasteiger partial charge in [-0.25, -0.2) is 4.79 Å². The molecule has 3 heteroatoms. The molecular weight excluding hydrogens is 264 g/mol. The molecule has 0 saturated carbocycles. The zero-order valence-corrected chi connectivity index (χ0v) is 13.2. The van der Waals surface area contributed by atoms with E-state index in [2.05, 4.69) is 13.0 Å². The molecular formula is C18H30O3. The van der Waals surface area contributed by atoms with Crippen LogP contribution in [0.4, 0.5) is 0 Å². The highest BCUT2D eigenvalue weighted by Gasteiger charge is 2.02. The molecule has 0 aliphatic carbocycles. The van der Waals surface area contributed by atoms with E-state index in [4.69, 9.17) is 5.11 Å². The molecule has 0 bridgehead atoms.